The molecule has 506 valence electrons. The number of hydrogen-bond acceptors (Lipinski definition) is 23. The molecule has 2 heterocycles. The first kappa shape index (κ1) is 77.7. The van der Waals surface area contributed by atoms with Gasteiger partial charge in [-0.1, -0.05) is 13.8 Å². The lowest BCUT2D eigenvalue weighted by molar-refractivity contribution is -0.145. The molecule has 90 heavy (non-hydrogen) atoms. The fraction of sp³-hybridized carbons (Fsp3) is 0.686. The molecule has 0 unspecified atom stereocenters. The number of likely N-dealkylation sites (tertiary alicyclic amines) is 2. The van der Waals surface area contributed by atoms with Crippen LogP contribution in [0.4, 0.5) is 0 Å². The largest absolute Gasteiger partial charge is 0.480 e. The smallest absolute Gasteiger partial charge is 0.328 e. The fourth-order valence-corrected chi connectivity index (χ4v) is 9.10. The highest BCUT2D eigenvalue weighted by Crippen LogP contribution is 2.21. The van der Waals surface area contributed by atoms with Crippen LogP contribution in [0.2, 0.25) is 0 Å². The normalized spacial score (nSPS) is 17.3. The Labute approximate surface area is 519 Å². The van der Waals surface area contributed by atoms with Crippen molar-refractivity contribution in [3.8, 4) is 0 Å². The molecule has 0 spiro atoms. The van der Waals surface area contributed by atoms with E-state index in [1.54, 1.807) is 6.26 Å². The summed E-state index contributed by atoms with van der Waals surface area (Å²) in [4.78, 5) is 207. The molecule has 2 saturated heterocycles. The van der Waals surface area contributed by atoms with Gasteiger partial charge in [-0.05, 0) is 63.9 Å². The Kier molecular flexibility index (Phi) is 34.2. The zero-order valence-corrected chi connectivity index (χ0v) is 51.1. The van der Waals surface area contributed by atoms with Crippen LogP contribution in [-0.4, -0.2) is 292 Å². The molecule has 38 nitrogen and oxygen atoms in total. The fourth-order valence-electron chi connectivity index (χ4n) is 8.63. The number of carboxylic acid groups (broad SMARTS) is 1. The van der Waals surface area contributed by atoms with Gasteiger partial charge in [-0.25, -0.2) is 4.79 Å². The van der Waals surface area contributed by atoms with Gasteiger partial charge in [0.25, 0.3) is 0 Å². The highest BCUT2D eigenvalue weighted by atomic mass is 32.2. The number of hydrogen-bond donors (Lipinski definition) is 20. The van der Waals surface area contributed by atoms with E-state index in [0.717, 1.165) is 9.80 Å². The van der Waals surface area contributed by atoms with Crippen molar-refractivity contribution in [3.63, 3.8) is 0 Å². The average molecular weight is 1310 g/mol. The maximum atomic E-state index is 14.0. The van der Waals surface area contributed by atoms with Gasteiger partial charge in [-0.3, -0.25) is 71.9 Å². The topological polar surface area (TPSA) is 583 Å². The molecule has 0 aliphatic carbocycles. The maximum Gasteiger partial charge on any atom is 0.328 e. The molecule has 2 rings (SSSR count). The maximum absolute atomic E-state index is 14.0. The third-order valence-electron chi connectivity index (χ3n) is 13.6. The number of aliphatic hydroxyl groups is 5. The van der Waals surface area contributed by atoms with Crippen LogP contribution in [0.25, 0.3) is 0 Å². The number of nitrogens with two attached hydrogens (primary N) is 1. The molecule has 2 aliphatic rings. The van der Waals surface area contributed by atoms with Gasteiger partial charge in [-0.2, -0.15) is 11.8 Å². The molecule has 0 aromatic rings. The van der Waals surface area contributed by atoms with Crippen LogP contribution in [0.5, 0.6) is 0 Å². The van der Waals surface area contributed by atoms with Crippen molar-refractivity contribution in [2.45, 2.75) is 126 Å². The number of nitrogens with one attached hydrogen (secondary N) is 13. The van der Waals surface area contributed by atoms with Crippen LogP contribution in [0.3, 0.4) is 0 Å². The lowest BCUT2D eigenvalue weighted by Gasteiger charge is -2.32. The summed E-state index contributed by atoms with van der Waals surface area (Å²) in [6.07, 6.45) is 1.07. The van der Waals surface area contributed by atoms with E-state index in [0.29, 0.717) is 18.6 Å². The Balaban J connectivity index is 1.94. The third kappa shape index (κ3) is 25.6. The van der Waals surface area contributed by atoms with Gasteiger partial charge < -0.3 is 115 Å². The molecule has 15 amide bonds. The molecule has 0 bridgehead atoms. The number of nitrogens with zero attached hydrogens (tertiary/aromatic N) is 2. The van der Waals surface area contributed by atoms with Gasteiger partial charge in [0.15, 0.2) is 0 Å². The minimum absolute atomic E-state index is 0.00927. The van der Waals surface area contributed by atoms with Crippen molar-refractivity contribution >= 4 is 106 Å². The minimum Gasteiger partial charge on any atom is -0.480 e. The first-order chi connectivity index (χ1) is 42.5. The summed E-state index contributed by atoms with van der Waals surface area (Å²) in [5.74, 6) is -15.6. The van der Waals surface area contributed by atoms with Gasteiger partial charge in [-0.15, -0.1) is 0 Å². The molecular formula is C51H84N16O22S. The molecule has 39 heteroatoms. The first-order valence-electron chi connectivity index (χ1n) is 28.4. The first-order valence-corrected chi connectivity index (χ1v) is 29.8. The lowest BCUT2D eigenvalue weighted by Crippen LogP contribution is -2.62. The molecular weight excluding hydrogens is 1220 g/mol. The van der Waals surface area contributed by atoms with E-state index >= 15 is 0 Å². The van der Waals surface area contributed by atoms with Crippen LogP contribution in [0.1, 0.15) is 59.8 Å². The van der Waals surface area contributed by atoms with Crippen molar-refractivity contribution < 1.29 is 107 Å². The van der Waals surface area contributed by atoms with Crippen molar-refractivity contribution in [1.82, 2.24) is 78.9 Å². The van der Waals surface area contributed by atoms with Crippen LogP contribution in [0, 0.1) is 5.92 Å². The molecule has 2 fully saturated rings. The predicted octanol–water partition coefficient (Wildman–Crippen LogP) is -12.7. The Morgan fingerprint density at radius 3 is 1.47 bits per heavy atom. The van der Waals surface area contributed by atoms with E-state index in [4.69, 9.17) is 5.73 Å². The van der Waals surface area contributed by atoms with E-state index in [-0.39, 0.29) is 38.9 Å². The summed E-state index contributed by atoms with van der Waals surface area (Å²) in [5.41, 5.74) is 5.12. The Bertz CT molecular complexity index is 2580. The number of carbonyl (C=O) groups excluding carboxylic acids is 15. The monoisotopic (exact) mass is 1300 g/mol. The lowest BCUT2D eigenvalue weighted by atomic mass is 10.0. The number of rotatable bonds is 38. The average Bonchev–Trinajstić information content (AvgIpc) is 1.77. The second-order valence-corrected chi connectivity index (χ2v) is 21.9. The Morgan fingerprint density at radius 2 is 0.933 bits per heavy atom. The van der Waals surface area contributed by atoms with Crippen molar-refractivity contribution in [2.75, 3.05) is 90.8 Å². The number of aliphatic carboxylic acids is 1. The molecule has 21 N–H and O–H groups in total. The van der Waals surface area contributed by atoms with E-state index in [2.05, 4.69) is 69.1 Å². The zero-order valence-electron chi connectivity index (χ0n) is 50.3. The SMILES string of the molecule is CSCC[C@H](NC(=O)[C@@H]1CCCN1C(=O)[C@@H](NC(=O)[C@@H](NC(=O)[C@H](C)NC(=O)[C@H](CO)NC(=O)[C@H](CO)NC(=O)CNC(=O)[C@@H]1CCCN1C(=O)CNC(=O)CNC(=O)[C@H](CO)NC(=O)CNC(=O)CNC(=O)CN)C(C)C)[C@@H](C)O)C(=O)N[C@@H](CO)C(=O)O. The summed E-state index contributed by atoms with van der Waals surface area (Å²) in [5, 5.41) is 88.2. The minimum atomic E-state index is -1.81. The zero-order chi connectivity index (χ0) is 67.9. The molecule has 0 radical (unpaired) electrons. The quantitative estimate of drug-likeness (QED) is 0.0273. The Morgan fingerprint density at radius 1 is 0.478 bits per heavy atom. The summed E-state index contributed by atoms with van der Waals surface area (Å²) >= 11 is 1.33. The predicted molar refractivity (Wildman–Crippen MR) is 310 cm³/mol. The summed E-state index contributed by atoms with van der Waals surface area (Å²) in [6.45, 7) is -2.20. The molecule has 0 aromatic carbocycles. The second-order valence-electron chi connectivity index (χ2n) is 20.9. The van der Waals surface area contributed by atoms with Gasteiger partial charge in [0.1, 0.15) is 60.4 Å². The van der Waals surface area contributed by atoms with Gasteiger partial charge >= 0.3 is 5.97 Å². The van der Waals surface area contributed by atoms with Crippen molar-refractivity contribution in [3.05, 3.63) is 0 Å². The molecule has 0 saturated carbocycles. The van der Waals surface area contributed by atoms with Crippen LogP contribution >= 0.6 is 11.8 Å². The second kappa shape index (κ2) is 39.6. The highest BCUT2D eigenvalue weighted by Gasteiger charge is 2.42. The Hall–Kier alpha value is -8.37. The van der Waals surface area contributed by atoms with E-state index in [9.17, 15) is 107 Å². The molecule has 11 atom stereocenters. The number of carbonyl (C=O) groups is 16. The number of aliphatic hydroxyl groups excluding tert-OH is 5. The van der Waals surface area contributed by atoms with Crippen LogP contribution in [0.15, 0.2) is 0 Å². The molecule has 2 aliphatic heterocycles. The number of amides is 15. The number of thioether (sulfide) groups is 1. The standard InChI is InChI=1S/C51H84N16O22S/c1-24(2)40(49(86)65-41(26(4)72)50(87)67-12-7-9-33(67)48(85)61-27(10-13-90-5)44(81)63-31(23-71)51(88)89)64-42(79)25(3)58-45(82)30(22-70)62-46(83)29(21-69)60-38(77)18-57-47(84)32-8-6-11-66(32)39(78)19-55-36(75)16-56-43(80)28(20-68)59-37(76)17-54-35(74)15-53-34(73)14-52/h24-33,40-41,68-72H,6-23,52H2,1-5H3,(H,53,73)(H,54,74)(H,55,75)(H,56,80)(H,57,84)(H,58,82)(H,59,76)(H,60,77)(H,61,85)(H,62,83)(H,63,81)(H,64,79)(H,65,86)(H,88,89)/t25-,26+,27-,28-,29-,30-,31-,32-,33-,40-,41-/m0/s1. The van der Waals surface area contributed by atoms with Crippen LogP contribution in [-0.2, 0) is 76.7 Å². The summed E-state index contributed by atoms with van der Waals surface area (Å²) in [7, 11) is 0. The van der Waals surface area contributed by atoms with Crippen LogP contribution < -0.4 is 74.9 Å². The van der Waals surface area contributed by atoms with E-state index < -0.39 is 226 Å². The summed E-state index contributed by atoms with van der Waals surface area (Å²) in [6, 6.07) is -15.0. The van der Waals surface area contributed by atoms with E-state index in [1.807, 2.05) is 0 Å². The van der Waals surface area contributed by atoms with Crippen molar-refractivity contribution in [2.24, 2.45) is 11.7 Å². The summed E-state index contributed by atoms with van der Waals surface area (Å²) < 4.78 is 0. The van der Waals surface area contributed by atoms with Gasteiger partial charge in [0.2, 0.25) is 88.6 Å². The van der Waals surface area contributed by atoms with Gasteiger partial charge in [0.05, 0.1) is 71.8 Å². The van der Waals surface area contributed by atoms with Gasteiger partial charge in [0, 0.05) is 13.1 Å². The highest BCUT2D eigenvalue weighted by molar-refractivity contribution is 7.98. The van der Waals surface area contributed by atoms with E-state index in [1.165, 1.54) is 39.5 Å². The molecule has 0 aromatic heterocycles. The van der Waals surface area contributed by atoms with Crippen molar-refractivity contribution in [1.29, 1.82) is 0 Å². The number of carboxylic acids is 1. The third-order valence-corrected chi connectivity index (χ3v) is 14.3.